The number of hydrogen-bond donors (Lipinski definition) is 2. The summed E-state index contributed by atoms with van der Waals surface area (Å²) in [6.45, 7) is 1.75. The van der Waals surface area contributed by atoms with E-state index in [9.17, 15) is 9.90 Å². The van der Waals surface area contributed by atoms with Gasteiger partial charge in [0.15, 0.2) is 0 Å². The van der Waals surface area contributed by atoms with E-state index in [1.54, 1.807) is 18.9 Å². The van der Waals surface area contributed by atoms with E-state index in [-0.39, 0.29) is 6.61 Å². The first kappa shape index (κ1) is 18.0. The number of methoxy groups -OCH3 is 2. The summed E-state index contributed by atoms with van der Waals surface area (Å²) in [5, 5.41) is 16.6. The zero-order valence-corrected chi connectivity index (χ0v) is 12.7. The highest BCUT2D eigenvalue weighted by Gasteiger charge is 2.41. The Kier molecular flexibility index (Phi) is 7.45. The topological polar surface area (TPSA) is 126 Å². The largest absolute Gasteiger partial charge is 0.490 e. The molecule has 4 unspecified atom stereocenters. The fourth-order valence-corrected chi connectivity index (χ4v) is 2.40. The van der Waals surface area contributed by atoms with E-state index in [0.29, 0.717) is 5.76 Å². The molecular weight excluding hydrogens is 292 g/mol. The fraction of sp³-hybridized carbons (Fsp3) is 0.692. The van der Waals surface area contributed by atoms with E-state index in [0.717, 1.165) is 6.20 Å². The van der Waals surface area contributed by atoms with Crippen molar-refractivity contribution in [2.45, 2.75) is 37.3 Å². The van der Waals surface area contributed by atoms with Crippen molar-refractivity contribution < 1.29 is 24.1 Å². The molecule has 0 saturated heterocycles. The fourth-order valence-electron chi connectivity index (χ4n) is 2.40. The quantitative estimate of drug-likeness (QED) is 0.287. The Labute approximate surface area is 128 Å². The molecule has 1 rings (SSSR count). The van der Waals surface area contributed by atoms with E-state index < -0.39 is 30.4 Å². The Morgan fingerprint density at radius 1 is 1.68 bits per heavy atom. The second kappa shape index (κ2) is 9.09. The van der Waals surface area contributed by atoms with Gasteiger partial charge in [-0.15, -0.1) is 0 Å². The second-order valence-corrected chi connectivity index (χ2v) is 4.73. The lowest BCUT2D eigenvalue weighted by molar-refractivity contribution is -0.121. The van der Waals surface area contributed by atoms with E-state index in [1.807, 2.05) is 0 Å². The number of ether oxygens (including phenoxy) is 3. The molecule has 1 aliphatic rings. The average Bonchev–Trinajstić information content (AvgIpc) is 2.47. The highest BCUT2D eigenvalue weighted by Crippen LogP contribution is 2.25. The van der Waals surface area contributed by atoms with Crippen LogP contribution in [0.25, 0.3) is 10.4 Å². The summed E-state index contributed by atoms with van der Waals surface area (Å²) in [5.74, 6) is 2.13. The third kappa shape index (κ3) is 4.49. The van der Waals surface area contributed by atoms with Gasteiger partial charge in [0.05, 0.1) is 30.6 Å². The molecule has 9 heteroatoms. The van der Waals surface area contributed by atoms with Gasteiger partial charge in [0.2, 0.25) is 0 Å². The van der Waals surface area contributed by atoms with Gasteiger partial charge in [-0.25, -0.2) is 4.79 Å². The van der Waals surface area contributed by atoms with Crippen LogP contribution in [0.5, 0.6) is 0 Å². The molecule has 122 valence electrons. The number of hydrogen-bond acceptors (Lipinski definition) is 7. The highest BCUT2D eigenvalue weighted by molar-refractivity contribution is 5.44. The molecule has 0 aromatic heterocycles. The lowest BCUT2D eigenvalue weighted by atomic mass is 9.92. The van der Waals surface area contributed by atoms with Gasteiger partial charge in [-0.3, -0.25) is 0 Å². The lowest BCUT2D eigenvalue weighted by Gasteiger charge is -2.40. The summed E-state index contributed by atoms with van der Waals surface area (Å²) in [7, 11) is 2.88. The third-order valence-electron chi connectivity index (χ3n) is 3.28. The van der Waals surface area contributed by atoms with Crippen LogP contribution in [0.2, 0.25) is 0 Å². The predicted octanol–water partition coefficient (Wildman–Crippen LogP) is 0.294. The minimum absolute atomic E-state index is 0.0452. The van der Waals surface area contributed by atoms with E-state index >= 15 is 0 Å². The molecule has 0 fully saturated rings. The lowest BCUT2D eigenvalue weighted by Crippen LogP contribution is -2.57. The minimum Gasteiger partial charge on any atom is -0.490 e. The molecule has 2 N–H and O–H groups in total. The van der Waals surface area contributed by atoms with Gasteiger partial charge in [-0.05, 0) is 18.5 Å². The number of allylic oxidation sites excluding steroid dienone is 1. The maximum absolute atomic E-state index is 10.5. The Bertz CT molecular complexity index is 485. The highest BCUT2D eigenvalue weighted by atomic mass is 16.6. The van der Waals surface area contributed by atoms with Crippen molar-refractivity contribution in [3.8, 4) is 0 Å². The van der Waals surface area contributed by atoms with Crippen molar-refractivity contribution in [3.05, 3.63) is 28.5 Å². The van der Waals surface area contributed by atoms with Crippen LogP contribution in [0.15, 0.2) is 23.1 Å². The number of nitrogens with zero attached hydrogens (tertiary/aromatic N) is 3. The normalized spacial score (nSPS) is 26.5. The Hall–Kier alpha value is -2.02. The Balaban J connectivity index is 3.12. The first-order chi connectivity index (χ1) is 10.6. The van der Waals surface area contributed by atoms with Gasteiger partial charge in [0.25, 0.3) is 0 Å². The minimum atomic E-state index is -0.956. The van der Waals surface area contributed by atoms with Crippen LogP contribution in [0.4, 0.5) is 0 Å². The molecule has 0 aliphatic carbocycles. The first-order valence-electron chi connectivity index (χ1n) is 6.63. The molecule has 0 spiro atoms. The summed E-state index contributed by atoms with van der Waals surface area (Å²) >= 11 is 0. The van der Waals surface area contributed by atoms with Crippen molar-refractivity contribution in [2.75, 3.05) is 20.8 Å². The summed E-state index contributed by atoms with van der Waals surface area (Å²) in [6.07, 6.45) is 0.284. The van der Waals surface area contributed by atoms with Gasteiger partial charge in [0, 0.05) is 19.1 Å². The van der Waals surface area contributed by atoms with Gasteiger partial charge < -0.3 is 24.6 Å². The van der Waals surface area contributed by atoms with E-state index in [2.05, 4.69) is 15.3 Å². The molecule has 9 nitrogen and oxygen atoms in total. The molecule has 0 amide bonds. The second-order valence-electron chi connectivity index (χ2n) is 4.73. The molecule has 22 heavy (non-hydrogen) atoms. The van der Waals surface area contributed by atoms with Crippen molar-refractivity contribution in [1.82, 2.24) is 5.32 Å². The van der Waals surface area contributed by atoms with Crippen LogP contribution >= 0.6 is 0 Å². The predicted molar refractivity (Wildman–Crippen MR) is 77.4 cm³/mol. The van der Waals surface area contributed by atoms with Crippen molar-refractivity contribution in [2.24, 2.45) is 5.11 Å². The van der Waals surface area contributed by atoms with E-state index in [1.165, 1.54) is 14.2 Å². The molecule has 0 aromatic carbocycles. The Morgan fingerprint density at radius 2 is 2.41 bits per heavy atom. The number of aliphatic hydroxyl groups excluding tert-OH is 1. The molecule has 0 saturated carbocycles. The van der Waals surface area contributed by atoms with Gasteiger partial charge in [0.1, 0.15) is 24.3 Å². The monoisotopic (exact) mass is 312 g/mol. The van der Waals surface area contributed by atoms with Crippen LogP contribution < -0.4 is 5.32 Å². The van der Waals surface area contributed by atoms with Crippen LogP contribution in [-0.4, -0.2) is 62.3 Å². The van der Waals surface area contributed by atoms with Crippen LogP contribution in [-0.2, 0) is 19.0 Å². The number of rotatable bonds is 8. The molecule has 0 bridgehead atoms. The summed E-state index contributed by atoms with van der Waals surface area (Å²) in [4.78, 5) is 13.3. The number of azide groups is 1. The molecular formula is C13H20N4O5. The smallest absolute Gasteiger partial charge is 0.147 e. The number of carbonyl (C=O) groups excluding carboxylic acids is 1. The van der Waals surface area contributed by atoms with Crippen LogP contribution in [0, 0.1) is 0 Å². The van der Waals surface area contributed by atoms with Gasteiger partial charge >= 0.3 is 0 Å². The molecule has 5 atom stereocenters. The number of nitrogens with one attached hydrogen (secondary N) is 1. The molecule has 1 aliphatic heterocycles. The summed E-state index contributed by atoms with van der Waals surface area (Å²) < 4.78 is 16.0. The molecule has 1 heterocycles. The maximum Gasteiger partial charge on any atom is 0.147 e. The maximum atomic E-state index is 10.5. The van der Waals surface area contributed by atoms with Gasteiger partial charge in [-0.1, -0.05) is 5.11 Å². The van der Waals surface area contributed by atoms with Gasteiger partial charge in [-0.2, -0.15) is 0 Å². The van der Waals surface area contributed by atoms with Crippen molar-refractivity contribution in [3.63, 3.8) is 0 Å². The zero-order chi connectivity index (χ0) is 16.5. The Morgan fingerprint density at radius 3 is 2.95 bits per heavy atom. The summed E-state index contributed by atoms with van der Waals surface area (Å²) in [6, 6.07) is -1.21. The summed E-state index contributed by atoms with van der Waals surface area (Å²) in [5.41, 5.74) is 8.70. The van der Waals surface area contributed by atoms with Crippen molar-refractivity contribution >= 4 is 5.94 Å². The first-order valence-corrected chi connectivity index (χ1v) is 6.63. The van der Waals surface area contributed by atoms with E-state index in [4.69, 9.17) is 19.7 Å². The molecule has 0 aromatic rings. The average molecular weight is 312 g/mol. The SMILES string of the molecule is COCC(O)C(OC)[C@@H]1OC(C)=CC(N=[N+]=[N-])C1NC=C=O. The molecule has 0 radical (unpaired) electrons. The third-order valence-corrected chi connectivity index (χ3v) is 3.28. The van der Waals surface area contributed by atoms with Crippen LogP contribution in [0.3, 0.4) is 0 Å². The standard InChI is InChI=1S/C13H20N4O5/c1-8-6-9(16-17-14)11(15-4-5-18)13(22-8)12(21-3)10(19)7-20-2/h4,6,9-13,15,19H,7H2,1-3H3/t9?,10?,11?,12?,13-/m1/s1. The van der Waals surface area contributed by atoms with Crippen molar-refractivity contribution in [1.29, 1.82) is 0 Å². The van der Waals surface area contributed by atoms with Crippen LogP contribution in [0.1, 0.15) is 6.92 Å². The zero-order valence-electron chi connectivity index (χ0n) is 12.7. The number of aliphatic hydroxyl groups is 1.